The van der Waals surface area contributed by atoms with Crippen LogP contribution in [0.2, 0.25) is 0 Å². The van der Waals surface area contributed by atoms with Crippen LogP contribution in [0.4, 0.5) is 0 Å². The molecule has 1 heterocycles. The van der Waals surface area contributed by atoms with Gasteiger partial charge < -0.3 is 0 Å². The van der Waals surface area contributed by atoms with Crippen LogP contribution in [0.15, 0.2) is 185 Å². The zero-order valence-corrected chi connectivity index (χ0v) is 30.9. The summed E-state index contributed by atoms with van der Waals surface area (Å²) < 4.78 is 0. The molecule has 0 spiro atoms. The molecule has 0 N–H and O–H groups in total. The van der Waals surface area contributed by atoms with E-state index >= 15 is 0 Å². The number of fused-ring (bicyclic) bond motifs is 6. The normalized spacial score (nSPS) is 16.9. The van der Waals surface area contributed by atoms with E-state index in [1.165, 1.54) is 71.3 Å². The van der Waals surface area contributed by atoms with E-state index in [0.29, 0.717) is 0 Å². The van der Waals surface area contributed by atoms with Gasteiger partial charge in [-0.25, -0.2) is 4.99 Å². The Labute approximate surface area is 317 Å². The predicted molar refractivity (Wildman–Crippen MR) is 231 cm³/mol. The van der Waals surface area contributed by atoms with Crippen LogP contribution < -0.4 is 0 Å². The van der Waals surface area contributed by atoms with Gasteiger partial charge in [-0.1, -0.05) is 146 Å². The number of rotatable bonds is 5. The minimum Gasteiger partial charge on any atom is -0.248 e. The van der Waals surface area contributed by atoms with Crippen molar-refractivity contribution in [3.05, 3.63) is 198 Å². The third kappa shape index (κ3) is 6.09. The summed E-state index contributed by atoms with van der Waals surface area (Å²) in [6.45, 7) is 4.43. The fourth-order valence-corrected chi connectivity index (χ4v) is 8.32. The molecule has 1 aliphatic rings. The minimum absolute atomic E-state index is 0.937. The highest BCUT2D eigenvalue weighted by Gasteiger charge is 2.18. The minimum atomic E-state index is 0.937. The molecule has 0 amide bonds. The van der Waals surface area contributed by atoms with Crippen LogP contribution in [0.5, 0.6) is 0 Å². The lowest BCUT2D eigenvalue weighted by molar-refractivity contribution is 0.988. The zero-order chi connectivity index (χ0) is 35.9. The highest BCUT2D eigenvalue weighted by molar-refractivity contribution is 7.80. The molecule has 0 saturated carbocycles. The molecule has 0 fully saturated rings. The van der Waals surface area contributed by atoms with Crippen LogP contribution >= 0.6 is 12.6 Å². The second-order valence-corrected chi connectivity index (χ2v) is 14.6. The Morgan fingerprint density at radius 2 is 1.08 bits per heavy atom. The number of hydrogen-bond acceptors (Lipinski definition) is 2. The quantitative estimate of drug-likeness (QED) is 0.136. The summed E-state index contributed by atoms with van der Waals surface area (Å²) in [5.74, 6) is 0. The Hall–Kier alpha value is -5.96. The number of allylic oxidation sites excluding steroid dienone is 3. The maximum Gasteiger partial charge on any atom is 0.0712 e. The second-order valence-electron chi connectivity index (χ2n) is 14.1. The van der Waals surface area contributed by atoms with Crippen LogP contribution in [-0.2, 0) is 0 Å². The van der Waals surface area contributed by atoms with E-state index in [1.807, 2.05) is 0 Å². The first-order valence-electron chi connectivity index (χ1n) is 18.4. The van der Waals surface area contributed by atoms with E-state index in [2.05, 4.69) is 184 Å². The summed E-state index contributed by atoms with van der Waals surface area (Å²) in [6, 6.07) is 59.2. The summed E-state index contributed by atoms with van der Waals surface area (Å²) in [7, 11) is 0. The van der Waals surface area contributed by atoms with Crippen LogP contribution in [0.3, 0.4) is 0 Å². The Morgan fingerprint density at radius 3 is 1.85 bits per heavy atom. The van der Waals surface area contributed by atoms with Gasteiger partial charge in [0.25, 0.3) is 0 Å². The third-order valence-electron chi connectivity index (χ3n) is 10.8. The first-order valence-corrected chi connectivity index (χ1v) is 18.8. The topological polar surface area (TPSA) is 12.4 Å². The molecule has 8 aromatic rings. The molecule has 0 aromatic heterocycles. The van der Waals surface area contributed by atoms with Crippen molar-refractivity contribution >= 4 is 61.9 Å². The van der Waals surface area contributed by atoms with Crippen LogP contribution in [-0.4, -0.2) is 5.71 Å². The van der Waals surface area contributed by atoms with Crippen LogP contribution in [0, 0.1) is 6.92 Å². The molecule has 1 aliphatic heterocycles. The van der Waals surface area contributed by atoms with E-state index in [0.717, 1.165) is 45.8 Å². The number of nitrogens with zero attached hydrogens (tertiary/aromatic N) is 1. The molecule has 8 aromatic carbocycles. The van der Waals surface area contributed by atoms with Gasteiger partial charge in [-0.15, -0.1) is 12.6 Å². The summed E-state index contributed by atoms with van der Waals surface area (Å²) >= 11 is 4.91. The molecular weight excluding hydrogens is 659 g/mol. The van der Waals surface area contributed by atoms with Crippen molar-refractivity contribution in [3.63, 3.8) is 0 Å². The molecule has 0 unspecified atom stereocenters. The predicted octanol–water partition coefficient (Wildman–Crippen LogP) is 14.2. The summed E-state index contributed by atoms with van der Waals surface area (Å²) in [4.78, 5) is 6.49. The van der Waals surface area contributed by atoms with Crippen LogP contribution in [0.25, 0.3) is 65.8 Å². The molecule has 0 aliphatic carbocycles. The monoisotopic (exact) mass is 697 g/mol. The molecule has 9 rings (SSSR count). The van der Waals surface area contributed by atoms with Gasteiger partial charge in [-0.2, -0.15) is 0 Å². The Kier molecular flexibility index (Phi) is 8.62. The molecule has 0 bridgehead atoms. The van der Waals surface area contributed by atoms with Crippen molar-refractivity contribution in [1.82, 2.24) is 0 Å². The first-order chi connectivity index (χ1) is 26.0. The van der Waals surface area contributed by atoms with Crippen LogP contribution in [0.1, 0.15) is 42.0 Å². The maximum absolute atomic E-state index is 5.51. The molecule has 254 valence electrons. The Balaban J connectivity index is 1.26. The van der Waals surface area contributed by atoms with E-state index in [9.17, 15) is 0 Å². The average molecular weight is 698 g/mol. The third-order valence-corrected chi connectivity index (χ3v) is 11.2. The van der Waals surface area contributed by atoms with Gasteiger partial charge in [0.15, 0.2) is 0 Å². The molecule has 1 nitrogen and oxygen atoms in total. The van der Waals surface area contributed by atoms with Gasteiger partial charge in [0.2, 0.25) is 0 Å². The highest BCUT2D eigenvalue weighted by Crippen LogP contribution is 2.43. The number of benzene rings is 8. The molecule has 2 heteroatoms. The molecule has 0 atom stereocenters. The van der Waals surface area contributed by atoms with E-state index < -0.39 is 0 Å². The smallest absolute Gasteiger partial charge is 0.0712 e. The second kappa shape index (κ2) is 13.9. The van der Waals surface area contributed by atoms with Crippen molar-refractivity contribution < 1.29 is 0 Å². The summed E-state index contributed by atoms with van der Waals surface area (Å²) in [5, 5.41) is 7.52. The lowest BCUT2D eigenvalue weighted by Crippen LogP contribution is -2.04. The van der Waals surface area contributed by atoms with Gasteiger partial charge in [-0.05, 0) is 128 Å². The number of aryl methyl sites for hydroxylation is 1. The Morgan fingerprint density at radius 1 is 0.453 bits per heavy atom. The standard InChI is InChI=1S/C51H39NS/c1-33-14-9-10-19-40(33)47-30-38(27-29-49(47)53)41-22-13-23-44-42-20-11-12-21-43(42)46-31-39(26-28-45(46)50(41)44)51-34(2)24-25-37(35-15-5-3-6-16-35)32-48(52-51)36-17-7-4-8-18-36/h3-23,26-32,53H,24-25H2,1-2H3/b37-32+,51-34+,52-48+. The SMILES string of the molecule is C\C1=C(c2ccc3c(c2)c2ccccc2c2cccc(-c4ccc(S)c(-c5ccccc5C)c4)c23)/N=C(c2ccccc2)\C=C(\c2ccccc2)CC1. The molecular formula is C51H39NS. The molecule has 53 heavy (non-hydrogen) atoms. The number of thiol groups is 1. The lowest BCUT2D eigenvalue weighted by Gasteiger charge is -2.19. The average Bonchev–Trinajstić information content (AvgIpc) is 3.20. The van der Waals surface area contributed by atoms with Gasteiger partial charge in [0.1, 0.15) is 0 Å². The first kappa shape index (κ1) is 32.9. The molecule has 0 saturated heterocycles. The lowest BCUT2D eigenvalue weighted by atomic mass is 9.87. The molecule has 0 radical (unpaired) electrons. The Bertz CT molecular complexity index is 2790. The number of hydrogen-bond donors (Lipinski definition) is 1. The van der Waals surface area contributed by atoms with Gasteiger partial charge in [0, 0.05) is 16.0 Å². The fraction of sp³-hybridized carbons (Fsp3) is 0.0784. The van der Waals surface area contributed by atoms with Crippen molar-refractivity contribution in [2.24, 2.45) is 4.99 Å². The van der Waals surface area contributed by atoms with E-state index in [1.54, 1.807) is 0 Å². The van der Waals surface area contributed by atoms with E-state index in [4.69, 9.17) is 17.6 Å². The number of aliphatic imine (C=N–C) groups is 1. The zero-order valence-electron chi connectivity index (χ0n) is 30.0. The van der Waals surface area contributed by atoms with E-state index in [-0.39, 0.29) is 0 Å². The summed E-state index contributed by atoms with van der Waals surface area (Å²) in [5.41, 5.74) is 14.2. The largest absolute Gasteiger partial charge is 0.248 e. The van der Waals surface area contributed by atoms with Gasteiger partial charge in [0.05, 0.1) is 11.4 Å². The van der Waals surface area contributed by atoms with Crippen molar-refractivity contribution in [3.8, 4) is 22.3 Å². The fourth-order valence-electron chi connectivity index (χ4n) is 8.06. The van der Waals surface area contributed by atoms with Crippen molar-refractivity contribution in [2.45, 2.75) is 31.6 Å². The van der Waals surface area contributed by atoms with Gasteiger partial charge >= 0.3 is 0 Å². The van der Waals surface area contributed by atoms with Gasteiger partial charge in [-0.3, -0.25) is 0 Å². The summed E-state index contributed by atoms with van der Waals surface area (Å²) in [6.07, 6.45) is 4.19. The highest BCUT2D eigenvalue weighted by atomic mass is 32.1. The van der Waals surface area contributed by atoms with Crippen molar-refractivity contribution in [1.29, 1.82) is 0 Å². The van der Waals surface area contributed by atoms with Crippen molar-refractivity contribution in [2.75, 3.05) is 0 Å². The maximum atomic E-state index is 5.51.